The van der Waals surface area contributed by atoms with Gasteiger partial charge in [-0.25, -0.2) is 15.0 Å². The van der Waals surface area contributed by atoms with Crippen molar-refractivity contribution in [1.29, 1.82) is 0 Å². The molecule has 7 heteroatoms. The molecule has 2 heterocycles. The second-order valence-corrected chi connectivity index (χ2v) is 9.62. The van der Waals surface area contributed by atoms with Gasteiger partial charge < -0.3 is 14.6 Å². The van der Waals surface area contributed by atoms with Crippen molar-refractivity contribution < 1.29 is 14.6 Å². The van der Waals surface area contributed by atoms with Gasteiger partial charge in [-0.1, -0.05) is 20.8 Å². The molecular formula is C24H26N3O3S. The lowest BCUT2D eigenvalue weighted by Gasteiger charge is -2.26. The van der Waals surface area contributed by atoms with Crippen LogP contribution >= 0.6 is 11.3 Å². The maximum absolute atomic E-state index is 11.1. The van der Waals surface area contributed by atoms with E-state index in [2.05, 4.69) is 23.0 Å². The molecule has 2 aromatic carbocycles. The minimum Gasteiger partial charge on any atom is -0.494 e. The Labute approximate surface area is 185 Å². The number of nitrogens with zero attached hydrogens (tertiary/aromatic N) is 3. The Morgan fingerprint density at radius 1 is 1.13 bits per heavy atom. The molecule has 0 aliphatic heterocycles. The number of thiazole rings is 1. The summed E-state index contributed by atoms with van der Waals surface area (Å²) in [5.41, 5.74) is 4.65. The van der Waals surface area contributed by atoms with Gasteiger partial charge in [0, 0.05) is 11.1 Å². The van der Waals surface area contributed by atoms with E-state index in [0.29, 0.717) is 18.2 Å². The van der Waals surface area contributed by atoms with E-state index in [1.165, 1.54) is 0 Å². The fourth-order valence-electron chi connectivity index (χ4n) is 3.53. The van der Waals surface area contributed by atoms with Crippen molar-refractivity contribution in [1.82, 2.24) is 15.0 Å². The van der Waals surface area contributed by atoms with Gasteiger partial charge in [0.1, 0.15) is 10.8 Å². The van der Waals surface area contributed by atoms with E-state index in [4.69, 9.17) is 14.5 Å². The minimum absolute atomic E-state index is 0.308. The average Bonchev–Trinajstić information content (AvgIpc) is 3.15. The summed E-state index contributed by atoms with van der Waals surface area (Å²) in [4.78, 5) is 14.1. The molecule has 0 aliphatic rings. The third-order valence-electron chi connectivity index (χ3n) is 5.09. The van der Waals surface area contributed by atoms with Crippen LogP contribution in [0.2, 0.25) is 0 Å². The second-order valence-electron chi connectivity index (χ2n) is 8.59. The third-order valence-corrected chi connectivity index (χ3v) is 6.13. The smallest absolute Gasteiger partial charge is 0.232 e. The maximum atomic E-state index is 11.1. The molecule has 1 atom stereocenters. The van der Waals surface area contributed by atoms with Gasteiger partial charge in [0.25, 0.3) is 0 Å². The zero-order chi connectivity index (χ0) is 22.3. The highest BCUT2D eigenvalue weighted by atomic mass is 32.1. The molecular weight excluding hydrogens is 410 g/mol. The van der Waals surface area contributed by atoms with Crippen molar-refractivity contribution in [2.24, 2.45) is 5.41 Å². The van der Waals surface area contributed by atoms with Crippen LogP contribution in [-0.2, 0) is 0 Å². The molecule has 0 bridgehead atoms. The molecule has 4 aromatic rings. The standard InChI is InChI=1S/C24H26N3O3S/c1-7-30-14-10-15(22(28)24(3,4)5)21-18(11-14)31-23(27-21)16-8-13(2)9-17-20(16)25-12-19(26-17)29-6/h8-12,22,28H,1,7H2,2-6H3. The van der Waals surface area contributed by atoms with Crippen LogP contribution in [0.25, 0.3) is 31.8 Å². The van der Waals surface area contributed by atoms with Crippen molar-refractivity contribution in [3.05, 3.63) is 48.5 Å². The molecule has 1 radical (unpaired) electrons. The van der Waals surface area contributed by atoms with Gasteiger partial charge >= 0.3 is 0 Å². The highest BCUT2D eigenvalue weighted by molar-refractivity contribution is 7.21. The van der Waals surface area contributed by atoms with Crippen LogP contribution < -0.4 is 9.47 Å². The van der Waals surface area contributed by atoms with Gasteiger partial charge in [-0.2, -0.15) is 0 Å². The number of aryl methyl sites for hydroxylation is 1. The first-order valence-electron chi connectivity index (χ1n) is 10.1. The Balaban J connectivity index is 1.96. The molecule has 2 aromatic heterocycles. The van der Waals surface area contributed by atoms with Crippen LogP contribution in [0.5, 0.6) is 11.6 Å². The predicted molar refractivity (Wildman–Crippen MR) is 125 cm³/mol. The minimum atomic E-state index is -0.698. The molecule has 0 saturated heterocycles. The third kappa shape index (κ3) is 4.07. The monoisotopic (exact) mass is 436 g/mol. The number of benzene rings is 2. The molecule has 6 nitrogen and oxygen atoms in total. The number of methoxy groups -OCH3 is 1. The largest absolute Gasteiger partial charge is 0.494 e. The van der Waals surface area contributed by atoms with Gasteiger partial charge in [0.05, 0.1) is 47.3 Å². The number of ether oxygens (including phenoxy) is 2. The summed E-state index contributed by atoms with van der Waals surface area (Å²) in [6.45, 7) is 12.1. The summed E-state index contributed by atoms with van der Waals surface area (Å²) in [6, 6.07) is 7.87. The predicted octanol–water partition coefficient (Wildman–Crippen LogP) is 5.52. The number of aromatic nitrogens is 3. The average molecular weight is 437 g/mol. The molecule has 161 valence electrons. The summed E-state index contributed by atoms with van der Waals surface area (Å²) >= 11 is 1.54. The van der Waals surface area contributed by atoms with Crippen molar-refractivity contribution in [3.8, 4) is 22.2 Å². The van der Waals surface area contributed by atoms with Gasteiger partial charge in [-0.05, 0) is 49.1 Å². The first kappa shape index (κ1) is 21.5. The van der Waals surface area contributed by atoms with Gasteiger partial charge in [-0.3, -0.25) is 0 Å². The second kappa shape index (κ2) is 8.05. The molecule has 0 fully saturated rings. The Hall–Kier alpha value is -2.77. The summed E-state index contributed by atoms with van der Waals surface area (Å²) in [5, 5.41) is 11.9. The zero-order valence-corrected chi connectivity index (χ0v) is 19.2. The number of rotatable bonds is 5. The first-order valence-corrected chi connectivity index (χ1v) is 10.9. The molecule has 0 amide bonds. The van der Waals surface area contributed by atoms with Crippen LogP contribution in [0, 0.1) is 19.3 Å². The van der Waals surface area contributed by atoms with Crippen LogP contribution in [0.1, 0.15) is 38.0 Å². The summed E-state index contributed by atoms with van der Waals surface area (Å²) in [7, 11) is 1.58. The number of hydrogen-bond acceptors (Lipinski definition) is 7. The maximum Gasteiger partial charge on any atom is 0.232 e. The van der Waals surface area contributed by atoms with Gasteiger partial charge in [0.2, 0.25) is 5.88 Å². The number of hydrogen-bond donors (Lipinski definition) is 1. The molecule has 0 saturated carbocycles. The van der Waals surface area contributed by atoms with Crippen LogP contribution in [0.3, 0.4) is 0 Å². The van der Waals surface area contributed by atoms with E-state index in [-0.39, 0.29) is 5.41 Å². The van der Waals surface area contributed by atoms with E-state index in [0.717, 1.165) is 42.9 Å². The lowest BCUT2D eigenvalue weighted by Crippen LogP contribution is -2.18. The summed E-state index contributed by atoms with van der Waals surface area (Å²) < 4.78 is 11.8. The molecule has 31 heavy (non-hydrogen) atoms. The molecule has 4 rings (SSSR count). The molecule has 1 unspecified atom stereocenters. The molecule has 1 N–H and O–H groups in total. The number of fused-ring (bicyclic) bond motifs is 2. The van der Waals surface area contributed by atoms with Crippen molar-refractivity contribution in [2.75, 3.05) is 13.7 Å². The van der Waals surface area contributed by atoms with Crippen LogP contribution in [0.15, 0.2) is 30.5 Å². The van der Waals surface area contributed by atoms with Crippen LogP contribution in [-0.4, -0.2) is 33.8 Å². The van der Waals surface area contributed by atoms with Crippen LogP contribution in [0.4, 0.5) is 0 Å². The number of aliphatic hydroxyl groups excluding tert-OH is 1. The Kier molecular flexibility index (Phi) is 5.58. The first-order chi connectivity index (χ1) is 14.7. The highest BCUT2D eigenvalue weighted by Gasteiger charge is 2.28. The normalized spacial score (nSPS) is 13.0. The lowest BCUT2D eigenvalue weighted by molar-refractivity contribution is 0.0636. The van der Waals surface area contributed by atoms with Crippen molar-refractivity contribution in [3.63, 3.8) is 0 Å². The van der Waals surface area contributed by atoms with Crippen molar-refractivity contribution >= 4 is 32.6 Å². The fourth-order valence-corrected chi connectivity index (χ4v) is 4.58. The molecule has 0 aliphatic carbocycles. The van der Waals surface area contributed by atoms with E-state index in [1.807, 2.05) is 45.9 Å². The lowest BCUT2D eigenvalue weighted by atomic mass is 9.84. The van der Waals surface area contributed by atoms with E-state index >= 15 is 0 Å². The SMILES string of the molecule is [CH2]COc1cc(C(O)C(C)(C)C)c2nc(-c3cc(C)cc4nc(OC)cnc34)sc2c1. The number of aliphatic hydroxyl groups is 1. The Morgan fingerprint density at radius 2 is 1.90 bits per heavy atom. The Bertz CT molecular complexity index is 1260. The Morgan fingerprint density at radius 3 is 2.58 bits per heavy atom. The van der Waals surface area contributed by atoms with Crippen molar-refractivity contribution in [2.45, 2.75) is 33.8 Å². The van der Waals surface area contributed by atoms with Gasteiger partial charge in [-0.15, -0.1) is 11.3 Å². The highest BCUT2D eigenvalue weighted by Crippen LogP contribution is 2.42. The topological polar surface area (TPSA) is 77.4 Å². The zero-order valence-electron chi connectivity index (χ0n) is 18.4. The summed E-state index contributed by atoms with van der Waals surface area (Å²) in [5.74, 6) is 1.15. The van der Waals surface area contributed by atoms with Gasteiger partial charge in [0.15, 0.2) is 0 Å². The summed E-state index contributed by atoms with van der Waals surface area (Å²) in [6.07, 6.45) is 0.917. The van der Waals surface area contributed by atoms with E-state index < -0.39 is 6.10 Å². The van der Waals surface area contributed by atoms with E-state index in [1.54, 1.807) is 24.6 Å². The van der Waals surface area contributed by atoms with E-state index in [9.17, 15) is 5.11 Å². The molecule has 0 spiro atoms. The quantitative estimate of drug-likeness (QED) is 0.444. The fraction of sp³-hybridized carbons (Fsp3) is 0.333.